The van der Waals surface area contributed by atoms with E-state index in [1.165, 1.54) is 172 Å². The first-order valence-corrected chi connectivity index (χ1v) is 15.2. The molecule has 0 N–H and O–H groups in total. The maximum Gasteiger partial charge on any atom is 0.0971 e. The fourth-order valence-corrected chi connectivity index (χ4v) is 5.27. The Morgan fingerprint density at radius 2 is 0.656 bits per heavy atom. The van der Waals surface area contributed by atoms with Gasteiger partial charge in [-0.15, -0.1) is 0 Å². The first-order valence-electron chi connectivity index (χ1n) is 15.2. The van der Waals surface area contributed by atoms with E-state index in [-0.39, 0.29) is 0 Å². The highest BCUT2D eigenvalue weighted by Gasteiger charge is 2.24. The van der Waals surface area contributed by atoms with Crippen molar-refractivity contribution in [1.82, 2.24) is 0 Å². The Labute approximate surface area is 205 Å². The second-order valence-corrected chi connectivity index (χ2v) is 10.7. The molecule has 0 saturated heterocycles. The maximum atomic E-state index is 4.17. The van der Waals surface area contributed by atoms with Crippen molar-refractivity contribution >= 4 is 0 Å². The van der Waals surface area contributed by atoms with Gasteiger partial charge in [-0.2, -0.15) is 0 Å². The number of nitrogens with zero attached hydrogens (tertiary/aromatic N) is 1. The molecule has 0 bridgehead atoms. The van der Waals surface area contributed by atoms with Crippen LogP contribution >= 0.6 is 0 Å². The highest BCUT2D eigenvalue weighted by Crippen LogP contribution is 2.19. The number of unbranched alkanes of at least 4 members (excludes halogenated alkanes) is 19. The van der Waals surface area contributed by atoms with Gasteiger partial charge in [0.25, 0.3) is 0 Å². The van der Waals surface area contributed by atoms with Crippen LogP contribution in [0.25, 0.3) is 0 Å². The van der Waals surface area contributed by atoms with Crippen LogP contribution in [0.5, 0.6) is 0 Å². The maximum absolute atomic E-state index is 4.17. The minimum absolute atomic E-state index is 1.20. The quantitative estimate of drug-likeness (QED) is 0.0663. The highest BCUT2D eigenvalue weighted by molar-refractivity contribution is 4.67. The van der Waals surface area contributed by atoms with E-state index in [2.05, 4.69) is 33.4 Å². The molecule has 0 aromatic heterocycles. The molecule has 1 nitrogen and oxygen atoms in total. The van der Waals surface area contributed by atoms with Crippen molar-refractivity contribution in [3.8, 4) is 0 Å². The van der Waals surface area contributed by atoms with Gasteiger partial charge < -0.3 is 4.48 Å². The predicted molar refractivity (Wildman–Crippen MR) is 149 cm³/mol. The fraction of sp³-hybridized carbons (Fsp3) is 0.935. The number of hydrogen-bond acceptors (Lipinski definition) is 0. The van der Waals surface area contributed by atoms with Gasteiger partial charge in [-0.05, 0) is 44.6 Å². The minimum Gasteiger partial charge on any atom is -0.320 e. The summed E-state index contributed by atoms with van der Waals surface area (Å²) in [5, 5.41) is 0. The van der Waals surface area contributed by atoms with Gasteiger partial charge in [-0.25, -0.2) is 0 Å². The summed E-state index contributed by atoms with van der Waals surface area (Å²) >= 11 is 0. The van der Waals surface area contributed by atoms with Crippen LogP contribution in [-0.2, 0) is 0 Å². The third-order valence-corrected chi connectivity index (χ3v) is 7.47. The standard InChI is InChI=1S/C31H64N/c1-5-9-12-15-18-19-20-21-24-27-31-32(28-8-4,29-25-22-16-13-10-6-2)30-26-23-17-14-11-7-3/h8H,4-7,9-31H2,1-3H3/q+1. The summed E-state index contributed by atoms with van der Waals surface area (Å²) in [5.41, 5.74) is 0. The zero-order valence-electron chi connectivity index (χ0n) is 23.1. The van der Waals surface area contributed by atoms with Gasteiger partial charge in [0.2, 0.25) is 0 Å². The Hall–Kier alpha value is -0.300. The summed E-state index contributed by atoms with van der Waals surface area (Å²) in [6.07, 6.45) is 33.7. The molecule has 0 saturated carbocycles. The summed E-state index contributed by atoms with van der Waals surface area (Å²) < 4.78 is 1.34. The van der Waals surface area contributed by atoms with Gasteiger partial charge in [-0.1, -0.05) is 130 Å². The fourth-order valence-electron chi connectivity index (χ4n) is 5.27. The molecule has 0 aromatic carbocycles. The largest absolute Gasteiger partial charge is 0.320 e. The van der Waals surface area contributed by atoms with E-state index in [1.54, 1.807) is 0 Å². The predicted octanol–water partition coefficient (Wildman–Crippen LogP) is 10.6. The number of hydrogen-bond donors (Lipinski definition) is 0. The first-order chi connectivity index (χ1) is 15.7. The molecule has 0 aliphatic heterocycles. The van der Waals surface area contributed by atoms with Crippen LogP contribution in [-0.4, -0.2) is 30.7 Å². The molecule has 32 heavy (non-hydrogen) atoms. The second-order valence-electron chi connectivity index (χ2n) is 10.7. The van der Waals surface area contributed by atoms with E-state index in [0.29, 0.717) is 0 Å². The van der Waals surface area contributed by atoms with Crippen molar-refractivity contribution < 1.29 is 4.48 Å². The van der Waals surface area contributed by atoms with Gasteiger partial charge in [0.05, 0.1) is 26.2 Å². The van der Waals surface area contributed by atoms with E-state index in [4.69, 9.17) is 0 Å². The lowest BCUT2D eigenvalue weighted by molar-refractivity contribution is -0.923. The van der Waals surface area contributed by atoms with E-state index < -0.39 is 0 Å². The SMILES string of the molecule is C=CC[N+](CCCCCCCC)(CCCCCCCC)CCCCCCCCCCCC. The van der Waals surface area contributed by atoms with Crippen LogP contribution < -0.4 is 0 Å². The van der Waals surface area contributed by atoms with E-state index in [1.807, 2.05) is 0 Å². The molecule has 0 unspecified atom stereocenters. The summed E-state index contributed by atoms with van der Waals surface area (Å²) in [7, 11) is 0. The third-order valence-electron chi connectivity index (χ3n) is 7.47. The Bertz CT molecular complexity index is 345. The lowest BCUT2D eigenvalue weighted by Gasteiger charge is -2.38. The lowest BCUT2D eigenvalue weighted by atomic mass is 10.0. The van der Waals surface area contributed by atoms with Crippen LogP contribution in [0, 0.1) is 0 Å². The normalized spacial score (nSPS) is 11.8. The second kappa shape index (κ2) is 25.3. The Balaban J connectivity index is 4.32. The molecular weight excluding hydrogens is 386 g/mol. The topological polar surface area (TPSA) is 0 Å². The van der Waals surface area contributed by atoms with Crippen LogP contribution in [0.4, 0.5) is 0 Å². The van der Waals surface area contributed by atoms with E-state index in [0.717, 1.165) is 0 Å². The highest BCUT2D eigenvalue weighted by atomic mass is 15.3. The Morgan fingerprint density at radius 1 is 0.406 bits per heavy atom. The van der Waals surface area contributed by atoms with Gasteiger partial charge in [-0.3, -0.25) is 0 Å². The third kappa shape index (κ3) is 20.3. The molecular formula is C31H64N+. The first kappa shape index (κ1) is 31.7. The smallest absolute Gasteiger partial charge is 0.0971 e. The van der Waals surface area contributed by atoms with Crippen LogP contribution in [0.3, 0.4) is 0 Å². The van der Waals surface area contributed by atoms with Crippen LogP contribution in [0.1, 0.15) is 162 Å². The zero-order chi connectivity index (χ0) is 23.6. The molecule has 0 radical (unpaired) electrons. The minimum atomic E-state index is 1.20. The molecule has 0 aromatic rings. The van der Waals surface area contributed by atoms with Gasteiger partial charge in [0.15, 0.2) is 0 Å². The molecule has 0 aliphatic rings. The summed E-state index contributed by atoms with van der Waals surface area (Å²) in [5.74, 6) is 0. The van der Waals surface area contributed by atoms with Crippen LogP contribution in [0.15, 0.2) is 12.7 Å². The van der Waals surface area contributed by atoms with Crippen molar-refractivity contribution in [3.05, 3.63) is 12.7 Å². The number of rotatable bonds is 27. The van der Waals surface area contributed by atoms with E-state index >= 15 is 0 Å². The molecule has 0 fully saturated rings. The summed E-state index contributed by atoms with van der Waals surface area (Å²) in [6.45, 7) is 16.5. The lowest BCUT2D eigenvalue weighted by Crippen LogP contribution is -2.50. The zero-order valence-corrected chi connectivity index (χ0v) is 23.1. The number of quaternary nitrogens is 1. The average molecular weight is 451 g/mol. The molecule has 0 aliphatic carbocycles. The van der Waals surface area contributed by atoms with Crippen molar-refractivity contribution in [3.63, 3.8) is 0 Å². The monoisotopic (exact) mass is 451 g/mol. The molecule has 0 amide bonds. The van der Waals surface area contributed by atoms with Crippen molar-refractivity contribution in [2.24, 2.45) is 0 Å². The molecule has 0 atom stereocenters. The van der Waals surface area contributed by atoms with Crippen molar-refractivity contribution in [1.29, 1.82) is 0 Å². The van der Waals surface area contributed by atoms with Gasteiger partial charge in [0, 0.05) is 0 Å². The van der Waals surface area contributed by atoms with Gasteiger partial charge in [0.1, 0.15) is 0 Å². The van der Waals surface area contributed by atoms with Crippen LogP contribution in [0.2, 0.25) is 0 Å². The van der Waals surface area contributed by atoms with Crippen molar-refractivity contribution in [2.45, 2.75) is 162 Å². The van der Waals surface area contributed by atoms with E-state index in [9.17, 15) is 0 Å². The molecule has 0 spiro atoms. The van der Waals surface area contributed by atoms with Gasteiger partial charge >= 0.3 is 0 Å². The Kier molecular flexibility index (Phi) is 25.1. The average Bonchev–Trinajstić information content (AvgIpc) is 2.80. The molecule has 1 heteroatoms. The molecule has 192 valence electrons. The molecule has 0 rings (SSSR count). The molecule has 0 heterocycles. The Morgan fingerprint density at radius 3 is 0.906 bits per heavy atom. The summed E-state index contributed by atoms with van der Waals surface area (Å²) in [6, 6.07) is 0. The van der Waals surface area contributed by atoms with Crippen molar-refractivity contribution in [2.75, 3.05) is 26.2 Å². The summed E-state index contributed by atoms with van der Waals surface area (Å²) in [4.78, 5) is 0.